The molecule has 0 heterocycles. The summed E-state index contributed by atoms with van der Waals surface area (Å²) in [5, 5.41) is 3.06. The monoisotopic (exact) mass is 265 g/mol. The van der Waals surface area contributed by atoms with Gasteiger partial charge in [0.25, 0.3) is 0 Å². The van der Waals surface area contributed by atoms with E-state index in [0.717, 1.165) is 38.4 Å². The van der Waals surface area contributed by atoms with Gasteiger partial charge >= 0.3 is 0 Å². The first-order valence-corrected chi connectivity index (χ1v) is 7.63. The van der Waals surface area contributed by atoms with Crippen molar-refractivity contribution >= 4 is 12.2 Å². The minimum absolute atomic E-state index is 0.00388. The predicted octanol–water partition coefficient (Wildman–Crippen LogP) is 3.39. The van der Waals surface area contributed by atoms with E-state index in [9.17, 15) is 9.59 Å². The van der Waals surface area contributed by atoms with Crippen LogP contribution in [0.2, 0.25) is 0 Å². The number of allylic oxidation sites excluding steroid dienone is 1. The first-order chi connectivity index (χ1) is 9.21. The van der Waals surface area contributed by atoms with E-state index in [4.69, 9.17) is 0 Å². The number of nitrogens with one attached hydrogen (secondary N) is 1. The molecule has 0 spiro atoms. The largest absolute Gasteiger partial charge is 0.352 e. The number of carbonyl (C=O) groups excluding carboxylic acids is 2. The average Bonchev–Trinajstić information content (AvgIpc) is 2.41. The van der Waals surface area contributed by atoms with Gasteiger partial charge in [-0.1, -0.05) is 31.9 Å². The Kier molecular flexibility index (Phi) is 7.46. The van der Waals surface area contributed by atoms with Crippen LogP contribution in [0.1, 0.15) is 65.2 Å². The van der Waals surface area contributed by atoms with Gasteiger partial charge in [-0.3, -0.25) is 4.79 Å². The van der Waals surface area contributed by atoms with E-state index >= 15 is 0 Å². The normalized spacial score (nSPS) is 18.3. The van der Waals surface area contributed by atoms with E-state index in [1.165, 1.54) is 18.4 Å². The van der Waals surface area contributed by atoms with Crippen molar-refractivity contribution in [1.82, 2.24) is 5.32 Å². The number of hydrogen-bond donors (Lipinski definition) is 1. The molecule has 0 aromatic heterocycles. The Morgan fingerprint density at radius 2 is 2.21 bits per heavy atom. The third kappa shape index (κ3) is 5.58. The van der Waals surface area contributed by atoms with Gasteiger partial charge < -0.3 is 10.1 Å². The number of rotatable bonds is 8. The quantitative estimate of drug-likeness (QED) is 0.540. The van der Waals surface area contributed by atoms with Crippen molar-refractivity contribution < 1.29 is 9.59 Å². The molecule has 0 saturated heterocycles. The molecule has 108 valence electrons. The Hall–Kier alpha value is -1.12. The molecule has 1 rings (SSSR count). The summed E-state index contributed by atoms with van der Waals surface area (Å²) < 4.78 is 0. The van der Waals surface area contributed by atoms with Gasteiger partial charge in [-0.25, -0.2) is 0 Å². The van der Waals surface area contributed by atoms with Crippen LogP contribution in [0.25, 0.3) is 0 Å². The molecule has 1 amide bonds. The highest BCUT2D eigenvalue weighted by Crippen LogP contribution is 2.20. The molecule has 3 heteroatoms. The minimum Gasteiger partial charge on any atom is -0.352 e. The lowest BCUT2D eigenvalue weighted by molar-refractivity contribution is -0.122. The number of aldehydes is 1. The van der Waals surface area contributed by atoms with Gasteiger partial charge in [0.1, 0.15) is 6.29 Å². The molecule has 0 aliphatic heterocycles. The lowest BCUT2D eigenvalue weighted by atomic mass is 9.93. The SMILES string of the molecule is CCCC(NC(=O)CC1=CCCCC1)[C@@H](C=O)CC. The molecule has 0 saturated carbocycles. The fourth-order valence-corrected chi connectivity index (χ4v) is 2.71. The van der Waals surface area contributed by atoms with Crippen LogP contribution < -0.4 is 5.32 Å². The summed E-state index contributed by atoms with van der Waals surface area (Å²) in [6.45, 7) is 4.08. The van der Waals surface area contributed by atoms with Crippen molar-refractivity contribution in [3.8, 4) is 0 Å². The van der Waals surface area contributed by atoms with Crippen molar-refractivity contribution in [2.24, 2.45) is 5.92 Å². The molecule has 0 bridgehead atoms. The lowest BCUT2D eigenvalue weighted by Gasteiger charge is -2.23. The molecule has 0 fully saturated rings. The maximum atomic E-state index is 12.1. The highest BCUT2D eigenvalue weighted by molar-refractivity contribution is 5.79. The van der Waals surface area contributed by atoms with Crippen molar-refractivity contribution in [1.29, 1.82) is 0 Å². The van der Waals surface area contributed by atoms with E-state index in [2.05, 4.69) is 18.3 Å². The second kappa shape index (κ2) is 8.89. The van der Waals surface area contributed by atoms with E-state index < -0.39 is 0 Å². The molecule has 1 aliphatic rings. The van der Waals surface area contributed by atoms with Crippen LogP contribution >= 0.6 is 0 Å². The fourth-order valence-electron chi connectivity index (χ4n) is 2.71. The second-order valence-corrected chi connectivity index (χ2v) is 5.46. The molecule has 2 atom stereocenters. The third-order valence-corrected chi connectivity index (χ3v) is 3.88. The summed E-state index contributed by atoms with van der Waals surface area (Å²) in [4.78, 5) is 23.1. The maximum Gasteiger partial charge on any atom is 0.224 e. The molecule has 1 N–H and O–H groups in total. The van der Waals surface area contributed by atoms with E-state index in [1.807, 2.05) is 6.92 Å². The van der Waals surface area contributed by atoms with Crippen LogP contribution in [0.5, 0.6) is 0 Å². The Morgan fingerprint density at radius 1 is 1.42 bits per heavy atom. The predicted molar refractivity (Wildman–Crippen MR) is 77.9 cm³/mol. The molecule has 1 aliphatic carbocycles. The molecule has 19 heavy (non-hydrogen) atoms. The Labute approximate surface area is 116 Å². The van der Waals surface area contributed by atoms with Gasteiger partial charge in [0.2, 0.25) is 5.91 Å². The average molecular weight is 265 g/mol. The zero-order valence-corrected chi connectivity index (χ0v) is 12.3. The van der Waals surface area contributed by atoms with Gasteiger partial charge in [0, 0.05) is 18.4 Å². The first kappa shape index (κ1) is 15.9. The van der Waals surface area contributed by atoms with Crippen molar-refractivity contribution in [2.45, 2.75) is 71.3 Å². The number of hydrogen-bond acceptors (Lipinski definition) is 2. The molecule has 0 aromatic rings. The van der Waals surface area contributed by atoms with Crippen molar-refractivity contribution in [3.63, 3.8) is 0 Å². The van der Waals surface area contributed by atoms with Crippen LogP contribution in [0.3, 0.4) is 0 Å². The third-order valence-electron chi connectivity index (χ3n) is 3.88. The van der Waals surface area contributed by atoms with Crippen LogP contribution in [-0.4, -0.2) is 18.2 Å². The summed E-state index contributed by atoms with van der Waals surface area (Å²) >= 11 is 0. The Bertz CT molecular complexity index is 323. The summed E-state index contributed by atoms with van der Waals surface area (Å²) in [7, 11) is 0. The molecular weight excluding hydrogens is 238 g/mol. The maximum absolute atomic E-state index is 12.1. The van der Waals surface area contributed by atoms with Crippen molar-refractivity contribution in [2.75, 3.05) is 0 Å². The van der Waals surface area contributed by atoms with Crippen LogP contribution in [0, 0.1) is 5.92 Å². The van der Waals surface area contributed by atoms with Gasteiger partial charge in [-0.15, -0.1) is 0 Å². The van der Waals surface area contributed by atoms with Crippen LogP contribution in [0.4, 0.5) is 0 Å². The molecular formula is C16H27NO2. The Morgan fingerprint density at radius 3 is 2.74 bits per heavy atom. The summed E-state index contributed by atoms with van der Waals surface area (Å²) in [6, 6.07) is 0.00388. The zero-order valence-electron chi connectivity index (χ0n) is 12.3. The van der Waals surface area contributed by atoms with Gasteiger partial charge in [-0.05, 0) is 38.5 Å². The second-order valence-electron chi connectivity index (χ2n) is 5.46. The van der Waals surface area contributed by atoms with Crippen LogP contribution in [-0.2, 0) is 9.59 Å². The van der Waals surface area contributed by atoms with Gasteiger partial charge in [0.05, 0.1) is 0 Å². The molecule has 0 aromatic carbocycles. The summed E-state index contributed by atoms with van der Waals surface area (Å²) in [5.41, 5.74) is 1.26. The highest BCUT2D eigenvalue weighted by atomic mass is 16.1. The van der Waals surface area contributed by atoms with E-state index in [1.54, 1.807) is 0 Å². The van der Waals surface area contributed by atoms with Crippen LogP contribution in [0.15, 0.2) is 11.6 Å². The number of amides is 1. The van der Waals surface area contributed by atoms with E-state index in [0.29, 0.717) is 6.42 Å². The standard InChI is InChI=1S/C16H27NO2/c1-3-8-15(14(4-2)12-18)17-16(19)11-13-9-6-5-7-10-13/h9,12,14-15H,3-8,10-11H2,1-2H3,(H,17,19)/t14-,15?/m1/s1. The highest BCUT2D eigenvalue weighted by Gasteiger charge is 2.21. The minimum atomic E-state index is -0.0516. The smallest absolute Gasteiger partial charge is 0.224 e. The fraction of sp³-hybridized carbons (Fsp3) is 0.750. The summed E-state index contributed by atoms with van der Waals surface area (Å²) in [6.07, 6.45) is 10.9. The molecule has 1 unspecified atom stereocenters. The Balaban J connectivity index is 2.50. The number of carbonyl (C=O) groups is 2. The first-order valence-electron chi connectivity index (χ1n) is 7.63. The van der Waals surface area contributed by atoms with Gasteiger partial charge in [-0.2, -0.15) is 0 Å². The van der Waals surface area contributed by atoms with E-state index in [-0.39, 0.29) is 17.9 Å². The van der Waals surface area contributed by atoms with Crippen molar-refractivity contribution in [3.05, 3.63) is 11.6 Å². The zero-order chi connectivity index (χ0) is 14.1. The van der Waals surface area contributed by atoms with Gasteiger partial charge in [0.15, 0.2) is 0 Å². The summed E-state index contributed by atoms with van der Waals surface area (Å²) in [5.74, 6) is 0.0242. The topological polar surface area (TPSA) is 46.2 Å². The lowest BCUT2D eigenvalue weighted by Crippen LogP contribution is -2.40. The molecule has 0 radical (unpaired) electrons. The molecule has 3 nitrogen and oxygen atoms in total.